The summed E-state index contributed by atoms with van der Waals surface area (Å²) in [6.45, 7) is 0. The average Bonchev–Trinajstić information content (AvgIpc) is 2.10. The molecule has 74 valence electrons. The van der Waals surface area contributed by atoms with Crippen molar-refractivity contribution < 1.29 is 4.79 Å². The van der Waals surface area contributed by atoms with Crippen molar-refractivity contribution in [1.29, 1.82) is 0 Å². The molecule has 0 fully saturated rings. The highest BCUT2D eigenvalue weighted by Crippen LogP contribution is 2.20. The van der Waals surface area contributed by atoms with Gasteiger partial charge in [0, 0.05) is 16.6 Å². The average molecular weight is 255 g/mol. The summed E-state index contributed by atoms with van der Waals surface area (Å²) in [6.07, 6.45) is 3.80. The Morgan fingerprint density at radius 2 is 2.21 bits per heavy atom. The van der Waals surface area contributed by atoms with E-state index in [2.05, 4.69) is 15.9 Å². The van der Waals surface area contributed by atoms with E-state index in [1.165, 1.54) is 0 Å². The Morgan fingerprint density at radius 1 is 1.50 bits per heavy atom. The first-order valence-electron chi connectivity index (χ1n) is 4.09. The molecule has 0 radical (unpaired) electrons. The Balaban J connectivity index is 2.73. The van der Waals surface area contributed by atoms with Crippen molar-refractivity contribution in [3.8, 4) is 0 Å². The molecule has 0 aliphatic rings. The maximum Gasteiger partial charge on any atom is 0.221 e. The zero-order valence-corrected chi connectivity index (χ0v) is 9.12. The largest absolute Gasteiger partial charge is 0.398 e. The predicted molar refractivity (Wildman–Crippen MR) is 61.4 cm³/mol. The number of carbonyl (C=O) groups excluding carboxylic acids is 1. The third-order valence-corrected chi connectivity index (χ3v) is 2.34. The number of nitrogen functional groups attached to an aromatic ring is 1. The van der Waals surface area contributed by atoms with Crippen LogP contribution in [0.25, 0.3) is 6.08 Å². The second kappa shape index (κ2) is 4.81. The van der Waals surface area contributed by atoms with Gasteiger partial charge in [0.1, 0.15) is 0 Å². The van der Waals surface area contributed by atoms with E-state index in [-0.39, 0.29) is 12.3 Å². The number of nitrogens with two attached hydrogens (primary N) is 2. The van der Waals surface area contributed by atoms with Crippen LogP contribution < -0.4 is 11.5 Å². The summed E-state index contributed by atoms with van der Waals surface area (Å²) < 4.78 is 0.846. The van der Waals surface area contributed by atoms with E-state index in [4.69, 9.17) is 11.5 Å². The van der Waals surface area contributed by atoms with E-state index in [0.717, 1.165) is 10.0 Å². The molecule has 3 nitrogen and oxygen atoms in total. The SMILES string of the molecule is NC(=O)CC=Cc1ccc(N)c(Br)c1. The number of hydrogen-bond donors (Lipinski definition) is 2. The minimum absolute atomic E-state index is 0.252. The highest BCUT2D eigenvalue weighted by molar-refractivity contribution is 9.10. The molecule has 1 amide bonds. The van der Waals surface area contributed by atoms with Gasteiger partial charge in [-0.3, -0.25) is 4.79 Å². The third-order valence-electron chi connectivity index (χ3n) is 1.65. The second-order valence-corrected chi connectivity index (χ2v) is 3.71. The van der Waals surface area contributed by atoms with E-state index < -0.39 is 0 Å². The zero-order valence-electron chi connectivity index (χ0n) is 7.53. The summed E-state index contributed by atoms with van der Waals surface area (Å²) in [5.74, 6) is -0.337. The van der Waals surface area contributed by atoms with Crippen molar-refractivity contribution in [1.82, 2.24) is 0 Å². The van der Waals surface area contributed by atoms with Crippen molar-refractivity contribution in [2.45, 2.75) is 6.42 Å². The van der Waals surface area contributed by atoms with E-state index in [9.17, 15) is 4.79 Å². The van der Waals surface area contributed by atoms with Gasteiger partial charge in [-0.1, -0.05) is 18.2 Å². The van der Waals surface area contributed by atoms with E-state index in [0.29, 0.717) is 5.69 Å². The Labute approximate surface area is 90.9 Å². The molecule has 0 bridgehead atoms. The number of benzene rings is 1. The number of anilines is 1. The second-order valence-electron chi connectivity index (χ2n) is 2.85. The van der Waals surface area contributed by atoms with Crippen LogP contribution in [0.15, 0.2) is 28.7 Å². The van der Waals surface area contributed by atoms with Crippen molar-refractivity contribution in [3.05, 3.63) is 34.3 Å². The summed E-state index contributed by atoms with van der Waals surface area (Å²) in [4.78, 5) is 10.5. The number of hydrogen-bond acceptors (Lipinski definition) is 2. The van der Waals surface area contributed by atoms with Crippen LogP contribution in [0.3, 0.4) is 0 Å². The summed E-state index contributed by atoms with van der Waals surface area (Å²) >= 11 is 3.32. The molecule has 0 saturated heterocycles. The zero-order chi connectivity index (χ0) is 10.6. The van der Waals surface area contributed by atoms with Crippen LogP contribution >= 0.6 is 15.9 Å². The first-order chi connectivity index (χ1) is 6.59. The lowest BCUT2D eigenvalue weighted by molar-refractivity contribution is -0.117. The molecule has 0 saturated carbocycles. The van der Waals surface area contributed by atoms with Crippen LogP contribution in [0.2, 0.25) is 0 Å². The fraction of sp³-hybridized carbons (Fsp3) is 0.100. The van der Waals surface area contributed by atoms with Crippen LogP contribution in [0.5, 0.6) is 0 Å². The van der Waals surface area contributed by atoms with Gasteiger partial charge >= 0.3 is 0 Å². The molecule has 0 spiro atoms. The molecule has 1 aromatic rings. The fourth-order valence-corrected chi connectivity index (χ4v) is 1.35. The van der Waals surface area contributed by atoms with Crippen molar-refractivity contribution in [3.63, 3.8) is 0 Å². The van der Waals surface area contributed by atoms with Gasteiger partial charge in [0.05, 0.1) is 0 Å². The van der Waals surface area contributed by atoms with Gasteiger partial charge in [-0.2, -0.15) is 0 Å². The topological polar surface area (TPSA) is 69.1 Å². The monoisotopic (exact) mass is 254 g/mol. The first-order valence-corrected chi connectivity index (χ1v) is 4.89. The van der Waals surface area contributed by atoms with Gasteiger partial charge in [-0.15, -0.1) is 0 Å². The van der Waals surface area contributed by atoms with Gasteiger partial charge in [0.15, 0.2) is 0 Å². The molecule has 0 heterocycles. The molecule has 14 heavy (non-hydrogen) atoms. The molecular formula is C10H11BrN2O. The van der Waals surface area contributed by atoms with E-state index in [1.807, 2.05) is 18.2 Å². The number of primary amides is 1. The third kappa shape index (κ3) is 3.22. The van der Waals surface area contributed by atoms with Gasteiger partial charge in [0.2, 0.25) is 5.91 Å². The van der Waals surface area contributed by atoms with Gasteiger partial charge in [-0.25, -0.2) is 0 Å². The Kier molecular flexibility index (Phi) is 3.71. The Morgan fingerprint density at radius 3 is 2.79 bits per heavy atom. The van der Waals surface area contributed by atoms with Crippen LogP contribution in [0.1, 0.15) is 12.0 Å². The lowest BCUT2D eigenvalue weighted by atomic mass is 10.2. The smallest absolute Gasteiger partial charge is 0.221 e. The number of rotatable bonds is 3. The van der Waals surface area contributed by atoms with Gasteiger partial charge in [-0.05, 0) is 33.6 Å². The number of halogens is 1. The highest BCUT2D eigenvalue weighted by atomic mass is 79.9. The molecule has 0 unspecified atom stereocenters. The van der Waals surface area contributed by atoms with Crippen LogP contribution in [-0.2, 0) is 4.79 Å². The molecule has 0 atom stereocenters. The normalized spacial score (nSPS) is 10.6. The molecule has 0 aromatic heterocycles. The van der Waals surface area contributed by atoms with E-state index >= 15 is 0 Å². The standard InChI is InChI=1S/C10H11BrN2O/c11-8-6-7(4-5-9(8)12)2-1-3-10(13)14/h1-2,4-6H,3,12H2,(H2,13,14). The molecule has 4 heteroatoms. The summed E-state index contributed by atoms with van der Waals surface area (Å²) in [6, 6.07) is 5.55. The first kappa shape index (κ1) is 10.8. The molecule has 0 aliphatic heterocycles. The van der Waals surface area contributed by atoms with Crippen molar-refractivity contribution in [2.75, 3.05) is 5.73 Å². The molecule has 1 aromatic carbocycles. The highest BCUT2D eigenvalue weighted by Gasteiger charge is 1.95. The minimum atomic E-state index is -0.337. The lowest BCUT2D eigenvalue weighted by Gasteiger charge is -1.98. The lowest BCUT2D eigenvalue weighted by Crippen LogP contribution is -2.07. The molecule has 1 rings (SSSR count). The van der Waals surface area contributed by atoms with Crippen LogP contribution in [0.4, 0.5) is 5.69 Å². The van der Waals surface area contributed by atoms with Gasteiger partial charge in [0.25, 0.3) is 0 Å². The number of carbonyl (C=O) groups is 1. The fourth-order valence-electron chi connectivity index (χ4n) is 0.958. The summed E-state index contributed by atoms with van der Waals surface area (Å²) in [5, 5.41) is 0. The van der Waals surface area contributed by atoms with Gasteiger partial charge < -0.3 is 11.5 Å². The quantitative estimate of drug-likeness (QED) is 0.810. The molecule has 0 aliphatic carbocycles. The maximum atomic E-state index is 10.5. The molecule has 4 N–H and O–H groups in total. The molecular weight excluding hydrogens is 244 g/mol. The van der Waals surface area contributed by atoms with Crippen LogP contribution in [-0.4, -0.2) is 5.91 Å². The van der Waals surface area contributed by atoms with Crippen LogP contribution in [0, 0.1) is 0 Å². The maximum absolute atomic E-state index is 10.5. The van der Waals surface area contributed by atoms with E-state index in [1.54, 1.807) is 12.1 Å². The number of amides is 1. The van der Waals surface area contributed by atoms with Crippen molar-refractivity contribution in [2.24, 2.45) is 5.73 Å². The Bertz CT molecular complexity index is 374. The Hall–Kier alpha value is -1.29. The predicted octanol–water partition coefficient (Wildman–Crippen LogP) is 1.92. The minimum Gasteiger partial charge on any atom is -0.398 e. The van der Waals surface area contributed by atoms with Crippen molar-refractivity contribution >= 4 is 33.6 Å². The summed E-state index contributed by atoms with van der Waals surface area (Å²) in [5.41, 5.74) is 12.3. The summed E-state index contributed by atoms with van der Waals surface area (Å²) in [7, 11) is 0.